The van der Waals surface area contributed by atoms with Gasteiger partial charge in [0.1, 0.15) is 0 Å². The summed E-state index contributed by atoms with van der Waals surface area (Å²) in [5, 5.41) is 5.07. The Balaban J connectivity index is 1.78. The van der Waals surface area contributed by atoms with Crippen molar-refractivity contribution in [2.24, 2.45) is 5.92 Å². The number of hydrogen-bond donors (Lipinski definition) is 1. The molecule has 0 bridgehead atoms. The number of carbonyl (C=O) groups excluding carboxylic acids is 1. The molecule has 0 aliphatic heterocycles. The van der Waals surface area contributed by atoms with Gasteiger partial charge in [0.05, 0.1) is 16.7 Å². The number of rotatable bonds is 7. The lowest BCUT2D eigenvalue weighted by molar-refractivity contribution is 0.0926. The Kier molecular flexibility index (Phi) is 6.31. The lowest BCUT2D eigenvalue weighted by Crippen LogP contribution is -2.31. The molecule has 28 heavy (non-hydrogen) atoms. The van der Waals surface area contributed by atoms with E-state index in [1.165, 1.54) is 0 Å². The second-order valence-electron chi connectivity index (χ2n) is 6.98. The molecular formula is C22H23NO3S2. The molecule has 3 rings (SSSR count). The average Bonchev–Trinajstić information content (AvgIpc) is 3.20. The summed E-state index contributed by atoms with van der Waals surface area (Å²) < 4.78 is 25.2. The van der Waals surface area contributed by atoms with Crippen LogP contribution in [0.4, 0.5) is 0 Å². The molecule has 1 atom stereocenters. The Morgan fingerprint density at radius 1 is 1.00 bits per heavy atom. The second-order valence-corrected chi connectivity index (χ2v) is 9.95. The fraction of sp³-hybridized carbons (Fsp3) is 0.227. The van der Waals surface area contributed by atoms with Crippen LogP contribution in [0, 0.1) is 5.92 Å². The largest absolute Gasteiger partial charge is 0.344 e. The molecule has 146 valence electrons. The molecule has 4 nitrogen and oxygen atoms in total. The van der Waals surface area contributed by atoms with E-state index in [-0.39, 0.29) is 28.5 Å². The molecule has 3 aromatic rings. The lowest BCUT2D eigenvalue weighted by Gasteiger charge is -2.21. The van der Waals surface area contributed by atoms with Crippen molar-refractivity contribution in [1.29, 1.82) is 0 Å². The van der Waals surface area contributed by atoms with Crippen LogP contribution >= 0.6 is 11.3 Å². The van der Waals surface area contributed by atoms with E-state index < -0.39 is 9.84 Å². The molecule has 0 saturated carbocycles. The zero-order valence-electron chi connectivity index (χ0n) is 15.8. The van der Waals surface area contributed by atoms with E-state index in [0.717, 1.165) is 4.88 Å². The highest BCUT2D eigenvalue weighted by atomic mass is 32.2. The van der Waals surface area contributed by atoms with Crippen LogP contribution in [0.3, 0.4) is 0 Å². The Labute approximate surface area is 170 Å². The van der Waals surface area contributed by atoms with Gasteiger partial charge in [-0.1, -0.05) is 50.2 Å². The van der Waals surface area contributed by atoms with Crippen LogP contribution in [0.15, 0.2) is 77.0 Å². The summed E-state index contributed by atoms with van der Waals surface area (Å²) in [6, 6.07) is 19.1. The van der Waals surface area contributed by atoms with E-state index >= 15 is 0 Å². The van der Waals surface area contributed by atoms with E-state index in [0.29, 0.717) is 11.1 Å². The lowest BCUT2D eigenvalue weighted by atomic mass is 10.0. The molecule has 1 amide bonds. The van der Waals surface area contributed by atoms with Gasteiger partial charge in [0, 0.05) is 10.4 Å². The summed E-state index contributed by atoms with van der Waals surface area (Å²) in [7, 11) is -3.46. The maximum atomic E-state index is 12.8. The zero-order chi connectivity index (χ0) is 20.1. The predicted octanol–water partition coefficient (Wildman–Crippen LogP) is 4.85. The van der Waals surface area contributed by atoms with Gasteiger partial charge >= 0.3 is 0 Å². The summed E-state index contributed by atoms with van der Waals surface area (Å²) in [4.78, 5) is 14.2. The van der Waals surface area contributed by atoms with Gasteiger partial charge in [0.2, 0.25) is 0 Å². The summed E-state index contributed by atoms with van der Waals surface area (Å²) in [5.41, 5.74) is 1.05. The Morgan fingerprint density at radius 3 is 2.39 bits per heavy atom. The number of thiophene rings is 1. The van der Waals surface area contributed by atoms with Gasteiger partial charge in [-0.15, -0.1) is 11.3 Å². The highest BCUT2D eigenvalue weighted by Crippen LogP contribution is 2.26. The molecule has 0 unspecified atom stereocenters. The Bertz CT molecular complexity index is 1030. The summed E-state index contributed by atoms with van der Waals surface area (Å²) in [6.07, 6.45) is 0. The first-order chi connectivity index (χ1) is 13.4. The molecule has 0 saturated heterocycles. The minimum Gasteiger partial charge on any atom is -0.344 e. The minimum atomic E-state index is -3.46. The highest BCUT2D eigenvalue weighted by molar-refractivity contribution is 7.90. The van der Waals surface area contributed by atoms with Crippen molar-refractivity contribution in [3.8, 4) is 0 Å². The molecule has 0 spiro atoms. The number of sulfone groups is 1. The van der Waals surface area contributed by atoms with Crippen LogP contribution in [0.5, 0.6) is 0 Å². The van der Waals surface area contributed by atoms with Gasteiger partial charge < -0.3 is 5.32 Å². The molecular weight excluding hydrogens is 390 g/mol. The monoisotopic (exact) mass is 413 g/mol. The van der Waals surface area contributed by atoms with Crippen molar-refractivity contribution in [1.82, 2.24) is 5.32 Å². The van der Waals surface area contributed by atoms with Gasteiger partial charge in [0.25, 0.3) is 5.91 Å². The smallest absolute Gasteiger partial charge is 0.251 e. The van der Waals surface area contributed by atoms with E-state index in [1.807, 2.05) is 17.5 Å². The molecule has 0 fully saturated rings. The number of hydrogen-bond acceptors (Lipinski definition) is 4. The van der Waals surface area contributed by atoms with E-state index in [1.54, 1.807) is 65.9 Å². The third kappa shape index (κ3) is 4.88. The topological polar surface area (TPSA) is 63.2 Å². The van der Waals surface area contributed by atoms with E-state index in [9.17, 15) is 13.2 Å². The molecule has 0 aliphatic carbocycles. The van der Waals surface area contributed by atoms with Crippen molar-refractivity contribution in [2.45, 2.75) is 30.5 Å². The molecule has 1 N–H and O–H groups in total. The van der Waals surface area contributed by atoms with Crippen LogP contribution in [-0.4, -0.2) is 14.3 Å². The van der Waals surface area contributed by atoms with Crippen molar-refractivity contribution in [3.05, 3.63) is 88.1 Å². The Hall–Kier alpha value is -2.44. The number of nitrogens with one attached hydrogen (secondary N) is 1. The quantitative estimate of drug-likeness (QED) is 0.602. The van der Waals surface area contributed by atoms with Gasteiger partial charge in [0.15, 0.2) is 9.84 Å². The third-order valence-electron chi connectivity index (χ3n) is 4.45. The standard InChI is InChI=1S/C22H23NO3S2/c1-16(2)21(20-12-7-13-27-20)23-22(24)18-9-6-8-17(14-18)15-28(25,26)19-10-4-3-5-11-19/h3-14,16,21H,15H2,1-2H3,(H,23,24)/t21-/m0/s1. The molecule has 1 aromatic heterocycles. The van der Waals surface area contributed by atoms with Crippen LogP contribution in [-0.2, 0) is 15.6 Å². The molecule has 1 heterocycles. The van der Waals surface area contributed by atoms with Crippen LogP contribution in [0.1, 0.15) is 40.7 Å². The van der Waals surface area contributed by atoms with Gasteiger partial charge in [-0.05, 0) is 47.2 Å². The van der Waals surface area contributed by atoms with Crippen LogP contribution < -0.4 is 5.32 Å². The van der Waals surface area contributed by atoms with Crippen molar-refractivity contribution in [2.75, 3.05) is 0 Å². The fourth-order valence-corrected chi connectivity index (χ4v) is 5.30. The third-order valence-corrected chi connectivity index (χ3v) is 7.11. The number of benzene rings is 2. The molecule has 0 radical (unpaired) electrons. The summed E-state index contributed by atoms with van der Waals surface area (Å²) in [6.45, 7) is 4.13. The molecule has 6 heteroatoms. The number of carbonyl (C=O) groups is 1. The number of amides is 1. The van der Waals surface area contributed by atoms with Gasteiger partial charge in [-0.2, -0.15) is 0 Å². The first-order valence-electron chi connectivity index (χ1n) is 9.08. The average molecular weight is 414 g/mol. The summed E-state index contributed by atoms with van der Waals surface area (Å²) >= 11 is 1.61. The maximum absolute atomic E-state index is 12.8. The highest BCUT2D eigenvalue weighted by Gasteiger charge is 2.21. The zero-order valence-corrected chi connectivity index (χ0v) is 17.5. The molecule has 2 aromatic carbocycles. The van der Waals surface area contributed by atoms with Crippen LogP contribution in [0.25, 0.3) is 0 Å². The first-order valence-corrected chi connectivity index (χ1v) is 11.6. The van der Waals surface area contributed by atoms with E-state index in [4.69, 9.17) is 0 Å². The van der Waals surface area contributed by atoms with Crippen molar-refractivity contribution >= 4 is 27.1 Å². The fourth-order valence-electron chi connectivity index (χ4n) is 2.99. The van der Waals surface area contributed by atoms with E-state index in [2.05, 4.69) is 19.2 Å². The first kappa shape index (κ1) is 20.3. The second kappa shape index (κ2) is 8.71. The Morgan fingerprint density at radius 2 is 1.75 bits per heavy atom. The normalized spacial score (nSPS) is 12.7. The SMILES string of the molecule is CC(C)[C@H](NC(=O)c1cccc(CS(=O)(=O)c2ccccc2)c1)c1cccs1. The summed E-state index contributed by atoms with van der Waals surface area (Å²) in [5.74, 6) is -0.105. The maximum Gasteiger partial charge on any atom is 0.251 e. The van der Waals surface area contributed by atoms with Gasteiger partial charge in [-0.25, -0.2) is 8.42 Å². The van der Waals surface area contributed by atoms with Gasteiger partial charge in [-0.3, -0.25) is 4.79 Å². The predicted molar refractivity (Wildman–Crippen MR) is 113 cm³/mol. The van der Waals surface area contributed by atoms with Crippen molar-refractivity contribution in [3.63, 3.8) is 0 Å². The molecule has 0 aliphatic rings. The van der Waals surface area contributed by atoms with Crippen molar-refractivity contribution < 1.29 is 13.2 Å². The minimum absolute atomic E-state index is 0.0794. The van der Waals surface area contributed by atoms with Crippen LogP contribution in [0.2, 0.25) is 0 Å².